The van der Waals surface area contributed by atoms with Crippen molar-refractivity contribution in [1.82, 2.24) is 0 Å². The van der Waals surface area contributed by atoms with E-state index >= 15 is 0 Å². The zero-order chi connectivity index (χ0) is 25.3. The van der Waals surface area contributed by atoms with Gasteiger partial charge >= 0.3 is 5.97 Å². The van der Waals surface area contributed by atoms with Crippen LogP contribution < -0.4 is 4.74 Å². The summed E-state index contributed by atoms with van der Waals surface area (Å²) in [5.41, 5.74) is 5.10. The predicted octanol–water partition coefficient (Wildman–Crippen LogP) is 7.98. The van der Waals surface area contributed by atoms with E-state index in [4.69, 9.17) is 9.47 Å². The zero-order valence-corrected chi connectivity index (χ0v) is 22.6. The predicted molar refractivity (Wildman–Crippen MR) is 143 cm³/mol. The van der Waals surface area contributed by atoms with Crippen molar-refractivity contribution in [2.45, 2.75) is 73.8 Å². The monoisotopic (exact) mass is 472 g/mol. The fourth-order valence-corrected chi connectivity index (χ4v) is 7.56. The van der Waals surface area contributed by atoms with E-state index in [9.17, 15) is 4.79 Å². The van der Waals surface area contributed by atoms with E-state index in [1.54, 1.807) is 7.11 Å². The Labute approximate surface area is 210 Å². The lowest BCUT2D eigenvalue weighted by Crippen LogP contribution is -2.60. The van der Waals surface area contributed by atoms with Crippen molar-refractivity contribution < 1.29 is 14.3 Å². The Hall–Kier alpha value is -2.55. The quantitative estimate of drug-likeness (QED) is 0.327. The molecule has 0 heterocycles. The van der Waals surface area contributed by atoms with E-state index in [1.807, 2.05) is 6.07 Å². The first-order chi connectivity index (χ1) is 16.6. The van der Waals surface area contributed by atoms with Crippen LogP contribution >= 0.6 is 0 Å². The molecule has 0 spiro atoms. The fraction of sp³-hybridized carbons (Fsp3) is 0.531. The van der Waals surface area contributed by atoms with Crippen LogP contribution in [0.5, 0.6) is 5.75 Å². The summed E-state index contributed by atoms with van der Waals surface area (Å²) in [4.78, 5) is 14.1. The molecule has 3 aliphatic rings. The molecule has 1 fully saturated rings. The summed E-state index contributed by atoms with van der Waals surface area (Å²) in [5, 5.41) is 2.28. The summed E-state index contributed by atoms with van der Waals surface area (Å²) in [6, 6.07) is 12.5. The van der Waals surface area contributed by atoms with Gasteiger partial charge < -0.3 is 9.47 Å². The third-order valence-corrected chi connectivity index (χ3v) is 10.1. The number of methoxy groups -OCH3 is 1. The minimum atomic E-state index is -0.306. The van der Waals surface area contributed by atoms with Gasteiger partial charge in [0, 0.05) is 16.4 Å². The number of benzene rings is 2. The van der Waals surface area contributed by atoms with Gasteiger partial charge in [-0.2, -0.15) is 0 Å². The molecule has 3 aliphatic carbocycles. The molecule has 5 atom stereocenters. The summed E-state index contributed by atoms with van der Waals surface area (Å²) in [5.74, 6) is 2.19. The molecule has 3 heteroatoms. The summed E-state index contributed by atoms with van der Waals surface area (Å²) >= 11 is 0. The topological polar surface area (TPSA) is 35.5 Å². The van der Waals surface area contributed by atoms with Crippen LogP contribution in [-0.4, -0.2) is 19.2 Å². The van der Waals surface area contributed by atoms with Gasteiger partial charge in [0.1, 0.15) is 11.9 Å². The van der Waals surface area contributed by atoms with Crippen molar-refractivity contribution >= 4 is 22.3 Å². The minimum absolute atomic E-state index is 0.0182. The molecule has 0 aromatic heterocycles. The minimum Gasteiger partial charge on any atom is -0.496 e. The van der Waals surface area contributed by atoms with Crippen molar-refractivity contribution in [3.05, 3.63) is 58.7 Å². The number of hydrogen-bond acceptors (Lipinski definition) is 3. The van der Waals surface area contributed by atoms with Gasteiger partial charge in [0.05, 0.1) is 12.7 Å². The zero-order valence-electron chi connectivity index (χ0n) is 22.6. The van der Waals surface area contributed by atoms with E-state index in [0.29, 0.717) is 17.8 Å². The second kappa shape index (κ2) is 8.25. The molecule has 0 bridgehead atoms. The third kappa shape index (κ3) is 3.12. The third-order valence-electron chi connectivity index (χ3n) is 10.1. The number of hydrogen-bond donors (Lipinski definition) is 0. The first-order valence-corrected chi connectivity index (χ1v) is 13.3. The van der Waals surface area contributed by atoms with E-state index < -0.39 is 0 Å². The van der Waals surface area contributed by atoms with Crippen molar-refractivity contribution in [3.63, 3.8) is 0 Å². The van der Waals surface area contributed by atoms with Crippen LogP contribution in [0.25, 0.3) is 16.3 Å². The number of esters is 1. The molecule has 186 valence electrons. The molecule has 0 saturated heterocycles. The van der Waals surface area contributed by atoms with Crippen LogP contribution in [0.4, 0.5) is 0 Å². The lowest BCUT2D eigenvalue weighted by atomic mass is 9.34. The van der Waals surface area contributed by atoms with Crippen molar-refractivity contribution in [2.75, 3.05) is 7.11 Å². The van der Waals surface area contributed by atoms with E-state index in [2.05, 4.69) is 78.8 Å². The van der Waals surface area contributed by atoms with Crippen LogP contribution in [0.2, 0.25) is 0 Å². The van der Waals surface area contributed by atoms with Crippen LogP contribution in [0.3, 0.4) is 0 Å². The molecule has 0 N–H and O–H groups in total. The van der Waals surface area contributed by atoms with Crippen molar-refractivity contribution in [3.8, 4) is 5.75 Å². The number of allylic oxidation sites excluding steroid dienone is 3. The normalized spacial score (nSPS) is 32.3. The summed E-state index contributed by atoms with van der Waals surface area (Å²) < 4.78 is 12.4. The lowest BCUT2D eigenvalue weighted by Gasteiger charge is -2.67. The molecular formula is C32H40O3. The highest BCUT2D eigenvalue weighted by Gasteiger charge is 2.70. The molecule has 35 heavy (non-hydrogen) atoms. The number of carbonyl (C=O) groups excluding carboxylic acids is 1. The first kappa shape index (κ1) is 24.2. The van der Waals surface area contributed by atoms with Crippen molar-refractivity contribution in [2.24, 2.45) is 28.6 Å². The van der Waals surface area contributed by atoms with Crippen molar-refractivity contribution in [1.29, 1.82) is 0 Å². The van der Waals surface area contributed by atoms with E-state index in [0.717, 1.165) is 46.1 Å². The van der Waals surface area contributed by atoms with Gasteiger partial charge in [-0.1, -0.05) is 82.5 Å². The SMILES string of the molecule is COc1ccc2ccccc2c1C1=C(C(=O)O[C@@H]2C[C@H](C)CC[C@H]2C(C)C)C2(C)C(C)=C(C)C12C. The summed E-state index contributed by atoms with van der Waals surface area (Å²) in [6.45, 7) is 15.7. The molecule has 2 aromatic carbocycles. The molecule has 0 aliphatic heterocycles. The standard InChI is InChI=1S/C32H40O3/c1-18(2)23-15-13-19(3)17-26(23)35-30(33)29-28(31(6)20(4)21(5)32(29,31)7)27-24-12-10-9-11-22(24)14-16-25(27)34-8/h9-12,14,16,18-19,23,26H,13,15,17H2,1-8H3/t19-,23+,26-,31?,32?/m1/s1. The molecule has 2 aromatic rings. The maximum atomic E-state index is 14.1. The highest BCUT2D eigenvalue weighted by molar-refractivity contribution is 6.13. The Balaban J connectivity index is 1.67. The van der Waals surface area contributed by atoms with Gasteiger partial charge in [0.25, 0.3) is 0 Å². The van der Waals surface area contributed by atoms with Gasteiger partial charge in [-0.05, 0) is 66.9 Å². The molecule has 1 saturated carbocycles. The second-order valence-corrected chi connectivity index (χ2v) is 11.9. The van der Waals surface area contributed by atoms with E-state index in [1.165, 1.54) is 17.6 Å². The van der Waals surface area contributed by atoms with Gasteiger partial charge in [0.2, 0.25) is 0 Å². The first-order valence-electron chi connectivity index (χ1n) is 13.3. The van der Waals surface area contributed by atoms with Crippen LogP contribution in [0.15, 0.2) is 53.1 Å². The number of fused-ring (bicyclic) bond motifs is 2. The van der Waals surface area contributed by atoms with Crippen LogP contribution in [-0.2, 0) is 9.53 Å². The Kier molecular flexibility index (Phi) is 5.69. The maximum Gasteiger partial charge on any atom is 0.335 e. The Bertz CT molecular complexity index is 1260. The highest BCUT2D eigenvalue weighted by Crippen LogP contribution is 2.78. The smallest absolute Gasteiger partial charge is 0.335 e. The average Bonchev–Trinajstić information content (AvgIpc) is 2.84. The van der Waals surface area contributed by atoms with Crippen LogP contribution in [0.1, 0.15) is 73.3 Å². The second-order valence-electron chi connectivity index (χ2n) is 11.9. The number of rotatable bonds is 5. The molecule has 3 nitrogen and oxygen atoms in total. The summed E-state index contributed by atoms with van der Waals surface area (Å²) in [6.07, 6.45) is 3.29. The van der Waals surface area contributed by atoms with Gasteiger partial charge in [-0.15, -0.1) is 0 Å². The fourth-order valence-electron chi connectivity index (χ4n) is 7.56. The number of ether oxygens (including phenoxy) is 2. The maximum absolute atomic E-state index is 14.1. The highest BCUT2D eigenvalue weighted by atomic mass is 16.5. The largest absolute Gasteiger partial charge is 0.496 e. The van der Waals surface area contributed by atoms with Gasteiger partial charge in [-0.3, -0.25) is 0 Å². The Morgan fingerprint density at radius 2 is 1.69 bits per heavy atom. The average molecular weight is 473 g/mol. The Morgan fingerprint density at radius 3 is 2.37 bits per heavy atom. The van der Waals surface area contributed by atoms with Gasteiger partial charge in [-0.25, -0.2) is 4.79 Å². The molecule has 0 radical (unpaired) electrons. The number of carbonyl (C=O) groups is 1. The van der Waals surface area contributed by atoms with Gasteiger partial charge in [0.15, 0.2) is 0 Å². The molecule has 5 rings (SSSR count). The Morgan fingerprint density at radius 1 is 1.00 bits per heavy atom. The molecule has 2 unspecified atom stereocenters. The van der Waals surface area contributed by atoms with Crippen LogP contribution in [0, 0.1) is 28.6 Å². The summed E-state index contributed by atoms with van der Waals surface area (Å²) in [7, 11) is 1.72. The lowest BCUT2D eigenvalue weighted by molar-refractivity contribution is -0.154. The molecule has 0 amide bonds. The molecular weight excluding hydrogens is 432 g/mol. The van der Waals surface area contributed by atoms with E-state index in [-0.39, 0.29) is 22.9 Å².